The van der Waals surface area contributed by atoms with Crippen LogP contribution in [0.15, 0.2) is 30.7 Å². The number of nitrogens with zero attached hydrogens (tertiary/aromatic N) is 2. The predicted molar refractivity (Wildman–Crippen MR) is 95.2 cm³/mol. The van der Waals surface area contributed by atoms with Crippen molar-refractivity contribution in [3.63, 3.8) is 0 Å². The normalized spacial score (nSPS) is 16.9. The molecule has 0 radical (unpaired) electrons. The van der Waals surface area contributed by atoms with Gasteiger partial charge >= 0.3 is 0 Å². The fourth-order valence-corrected chi connectivity index (χ4v) is 3.40. The van der Waals surface area contributed by atoms with Crippen molar-refractivity contribution in [1.82, 2.24) is 20.2 Å². The molecule has 1 aliphatic heterocycles. The average molecular weight is 340 g/mol. The second-order valence-electron chi connectivity index (χ2n) is 6.84. The molecule has 1 atom stereocenters. The number of aromatic nitrogens is 2. The van der Waals surface area contributed by atoms with Gasteiger partial charge in [0.1, 0.15) is 5.69 Å². The molecule has 0 unspecified atom stereocenters. The smallest absolute Gasteiger partial charge is 0.269 e. The van der Waals surface area contributed by atoms with Gasteiger partial charge in [-0.15, -0.1) is 0 Å². The Morgan fingerprint density at radius 3 is 2.72 bits per heavy atom. The molecule has 0 bridgehead atoms. The minimum atomic E-state index is -0.155. The van der Waals surface area contributed by atoms with Crippen molar-refractivity contribution in [2.75, 3.05) is 19.6 Å². The first-order chi connectivity index (χ1) is 12.0. The first-order valence-corrected chi connectivity index (χ1v) is 8.63. The van der Waals surface area contributed by atoms with Gasteiger partial charge in [0.05, 0.1) is 18.9 Å². The van der Waals surface area contributed by atoms with Crippen LogP contribution in [0.3, 0.4) is 0 Å². The van der Waals surface area contributed by atoms with E-state index in [1.165, 1.54) is 23.7 Å². The molecule has 0 spiro atoms. The summed E-state index contributed by atoms with van der Waals surface area (Å²) in [4.78, 5) is 33.0. The molecule has 1 aromatic heterocycles. The summed E-state index contributed by atoms with van der Waals surface area (Å²) in [6.45, 7) is 6.14. The van der Waals surface area contributed by atoms with Crippen molar-refractivity contribution >= 4 is 11.8 Å². The number of H-pyrrole nitrogens is 1. The fraction of sp³-hybridized carbons (Fsp3) is 0.421. The van der Waals surface area contributed by atoms with E-state index in [1.807, 2.05) is 4.90 Å². The highest BCUT2D eigenvalue weighted by Crippen LogP contribution is 2.18. The van der Waals surface area contributed by atoms with Crippen LogP contribution in [0.4, 0.5) is 0 Å². The van der Waals surface area contributed by atoms with Crippen LogP contribution in [0, 0.1) is 19.8 Å². The average Bonchev–Trinajstić information content (AvgIpc) is 3.23. The van der Waals surface area contributed by atoms with Crippen LogP contribution in [-0.2, 0) is 11.2 Å². The Labute approximate surface area is 147 Å². The van der Waals surface area contributed by atoms with E-state index in [2.05, 4.69) is 47.3 Å². The summed E-state index contributed by atoms with van der Waals surface area (Å²) in [6.07, 6.45) is 4.35. The number of nitrogens with one attached hydrogen (secondary N) is 2. The van der Waals surface area contributed by atoms with Gasteiger partial charge in [-0.25, -0.2) is 4.98 Å². The van der Waals surface area contributed by atoms with Crippen molar-refractivity contribution in [3.8, 4) is 0 Å². The number of imidazole rings is 1. The van der Waals surface area contributed by atoms with Crippen molar-refractivity contribution < 1.29 is 9.59 Å². The zero-order valence-electron chi connectivity index (χ0n) is 14.7. The Balaban J connectivity index is 1.48. The van der Waals surface area contributed by atoms with Crippen LogP contribution in [-0.4, -0.2) is 46.3 Å². The summed E-state index contributed by atoms with van der Waals surface area (Å²) in [6, 6.07) is 6.26. The maximum absolute atomic E-state index is 12.5. The summed E-state index contributed by atoms with van der Waals surface area (Å²) in [5, 5.41) is 2.90. The number of carbonyl (C=O) groups is 2. The van der Waals surface area contributed by atoms with Gasteiger partial charge in [0, 0.05) is 19.6 Å². The van der Waals surface area contributed by atoms with Crippen LogP contribution in [0.5, 0.6) is 0 Å². The number of hydrogen-bond donors (Lipinski definition) is 2. The van der Waals surface area contributed by atoms with E-state index >= 15 is 0 Å². The molecule has 6 heteroatoms. The topological polar surface area (TPSA) is 78.1 Å². The Hall–Kier alpha value is -2.63. The Kier molecular flexibility index (Phi) is 5.16. The third-order valence-corrected chi connectivity index (χ3v) is 4.57. The van der Waals surface area contributed by atoms with E-state index in [0.717, 1.165) is 18.5 Å². The molecular weight excluding hydrogens is 316 g/mol. The maximum atomic E-state index is 12.5. The monoisotopic (exact) mass is 340 g/mol. The molecule has 1 saturated heterocycles. The van der Waals surface area contributed by atoms with E-state index in [-0.39, 0.29) is 11.8 Å². The summed E-state index contributed by atoms with van der Waals surface area (Å²) >= 11 is 0. The predicted octanol–water partition coefficient (Wildman–Crippen LogP) is 1.85. The van der Waals surface area contributed by atoms with Gasteiger partial charge in [0.2, 0.25) is 5.91 Å². The van der Waals surface area contributed by atoms with Gasteiger partial charge in [0.15, 0.2) is 0 Å². The first kappa shape index (κ1) is 17.2. The van der Waals surface area contributed by atoms with Crippen LogP contribution in [0.1, 0.15) is 33.6 Å². The van der Waals surface area contributed by atoms with Crippen LogP contribution >= 0.6 is 0 Å². The molecule has 2 heterocycles. The van der Waals surface area contributed by atoms with E-state index < -0.39 is 0 Å². The summed E-state index contributed by atoms with van der Waals surface area (Å²) in [5.41, 5.74) is 3.89. The van der Waals surface area contributed by atoms with E-state index in [1.54, 1.807) is 0 Å². The molecule has 0 aliphatic carbocycles. The maximum Gasteiger partial charge on any atom is 0.269 e. The van der Waals surface area contributed by atoms with Crippen molar-refractivity contribution in [2.24, 2.45) is 5.92 Å². The molecule has 2 N–H and O–H groups in total. The highest BCUT2D eigenvalue weighted by atomic mass is 16.2. The molecule has 132 valence electrons. The highest BCUT2D eigenvalue weighted by Gasteiger charge is 2.26. The Bertz CT molecular complexity index is 735. The van der Waals surface area contributed by atoms with Gasteiger partial charge in [-0.1, -0.05) is 29.3 Å². The number of amides is 2. The molecule has 1 aromatic carbocycles. The van der Waals surface area contributed by atoms with Gasteiger partial charge < -0.3 is 15.2 Å². The van der Waals surface area contributed by atoms with Crippen molar-refractivity contribution in [1.29, 1.82) is 0 Å². The third-order valence-electron chi connectivity index (χ3n) is 4.57. The minimum Gasteiger partial charge on any atom is -0.350 e. The van der Waals surface area contributed by atoms with Crippen LogP contribution in [0.25, 0.3) is 0 Å². The molecule has 1 aliphatic rings. The fourth-order valence-electron chi connectivity index (χ4n) is 3.40. The molecule has 2 amide bonds. The Morgan fingerprint density at radius 1 is 1.28 bits per heavy atom. The minimum absolute atomic E-state index is 0.155. The number of rotatable bonds is 5. The summed E-state index contributed by atoms with van der Waals surface area (Å²) in [5.74, 6) is 0.306. The number of carbonyl (C=O) groups excluding carboxylic acids is 2. The number of likely N-dealkylation sites (tertiary alicyclic amines) is 1. The molecule has 3 rings (SSSR count). The molecule has 1 fully saturated rings. The number of aryl methyl sites for hydroxylation is 2. The molecule has 6 nitrogen and oxygen atoms in total. The molecular formula is C19H24N4O2. The first-order valence-electron chi connectivity index (χ1n) is 8.63. The lowest BCUT2D eigenvalue weighted by Gasteiger charge is -2.17. The van der Waals surface area contributed by atoms with Gasteiger partial charge in [-0.3, -0.25) is 9.59 Å². The third kappa shape index (κ3) is 4.47. The van der Waals surface area contributed by atoms with Crippen LogP contribution in [0.2, 0.25) is 0 Å². The highest BCUT2D eigenvalue weighted by molar-refractivity contribution is 5.91. The number of hydrogen-bond acceptors (Lipinski definition) is 3. The molecule has 0 saturated carbocycles. The standard InChI is InChI=1S/C19H24N4O2/c1-13-5-14(2)7-16(6-13)8-18(24)23-4-3-15(11-23)9-21-19(25)17-10-20-12-22-17/h5-7,10,12,15H,3-4,8-9,11H2,1-2H3,(H,20,22)(H,21,25)/t15-/m1/s1. The lowest BCUT2D eigenvalue weighted by molar-refractivity contribution is -0.129. The summed E-state index contributed by atoms with van der Waals surface area (Å²) in [7, 11) is 0. The number of aromatic amines is 1. The van der Waals surface area contributed by atoms with Gasteiger partial charge in [-0.05, 0) is 31.7 Å². The SMILES string of the molecule is Cc1cc(C)cc(CC(=O)N2CC[C@H](CNC(=O)c3cnc[nH]3)C2)c1. The molecule has 25 heavy (non-hydrogen) atoms. The quantitative estimate of drug-likeness (QED) is 0.872. The van der Waals surface area contributed by atoms with E-state index in [4.69, 9.17) is 0 Å². The lowest BCUT2D eigenvalue weighted by Crippen LogP contribution is -2.33. The van der Waals surface area contributed by atoms with Crippen LogP contribution < -0.4 is 5.32 Å². The Morgan fingerprint density at radius 2 is 2.04 bits per heavy atom. The molecule has 2 aromatic rings. The largest absolute Gasteiger partial charge is 0.350 e. The second kappa shape index (κ2) is 7.51. The second-order valence-corrected chi connectivity index (χ2v) is 6.84. The zero-order valence-corrected chi connectivity index (χ0v) is 14.7. The van der Waals surface area contributed by atoms with Gasteiger partial charge in [-0.2, -0.15) is 0 Å². The number of benzene rings is 1. The van der Waals surface area contributed by atoms with Crippen molar-refractivity contribution in [2.45, 2.75) is 26.7 Å². The lowest BCUT2D eigenvalue weighted by atomic mass is 10.0. The van der Waals surface area contributed by atoms with E-state index in [0.29, 0.717) is 31.1 Å². The zero-order chi connectivity index (χ0) is 17.8. The van der Waals surface area contributed by atoms with Crippen molar-refractivity contribution in [3.05, 3.63) is 53.1 Å². The van der Waals surface area contributed by atoms with Gasteiger partial charge in [0.25, 0.3) is 5.91 Å². The summed E-state index contributed by atoms with van der Waals surface area (Å²) < 4.78 is 0. The van der Waals surface area contributed by atoms with E-state index in [9.17, 15) is 9.59 Å².